The van der Waals surface area contributed by atoms with Crippen LogP contribution in [-0.2, 0) is 4.79 Å². The van der Waals surface area contributed by atoms with E-state index in [0.29, 0.717) is 11.4 Å². The number of nitrogens with zero attached hydrogens (tertiary/aromatic N) is 4. The first-order valence-corrected chi connectivity index (χ1v) is 11.3. The van der Waals surface area contributed by atoms with Crippen LogP contribution in [0.25, 0.3) is 11.8 Å². The fourth-order valence-electron chi connectivity index (χ4n) is 3.80. The van der Waals surface area contributed by atoms with E-state index in [9.17, 15) is 20.2 Å². The van der Waals surface area contributed by atoms with Gasteiger partial charge in [-0.15, -0.1) is 0 Å². The van der Waals surface area contributed by atoms with E-state index in [0.717, 1.165) is 34.4 Å². The van der Waals surface area contributed by atoms with E-state index in [1.165, 1.54) is 12.1 Å². The number of pyridine rings is 1. The van der Waals surface area contributed by atoms with Gasteiger partial charge < -0.3 is 14.6 Å². The maximum Gasteiger partial charge on any atom is 0.287 e. The van der Waals surface area contributed by atoms with Crippen molar-refractivity contribution in [3.63, 3.8) is 0 Å². The summed E-state index contributed by atoms with van der Waals surface area (Å²) in [6, 6.07) is 21.3. The van der Waals surface area contributed by atoms with Gasteiger partial charge in [0.25, 0.3) is 11.6 Å². The number of hydrogen-bond donors (Lipinski definition) is 1. The molecule has 184 valence electrons. The summed E-state index contributed by atoms with van der Waals surface area (Å²) in [4.78, 5) is 26.9. The van der Waals surface area contributed by atoms with Crippen LogP contribution < -0.4 is 10.1 Å². The number of rotatable bonds is 7. The Morgan fingerprint density at radius 2 is 1.78 bits per heavy atom. The molecule has 9 heteroatoms. The van der Waals surface area contributed by atoms with Gasteiger partial charge in [-0.1, -0.05) is 17.7 Å². The van der Waals surface area contributed by atoms with E-state index in [-0.39, 0.29) is 17.1 Å². The first-order chi connectivity index (χ1) is 17.7. The Hall–Kier alpha value is -5.23. The van der Waals surface area contributed by atoms with Crippen LogP contribution in [0.4, 0.5) is 11.4 Å². The summed E-state index contributed by atoms with van der Waals surface area (Å²) in [7, 11) is 0. The molecule has 1 N–H and O–H groups in total. The number of carbonyl (C=O) groups is 1. The minimum atomic E-state index is -0.521. The van der Waals surface area contributed by atoms with Crippen molar-refractivity contribution in [2.24, 2.45) is 0 Å². The summed E-state index contributed by atoms with van der Waals surface area (Å²) < 4.78 is 7.69. The van der Waals surface area contributed by atoms with E-state index in [1.54, 1.807) is 30.3 Å². The second kappa shape index (κ2) is 10.6. The number of nitro groups is 1. The smallest absolute Gasteiger partial charge is 0.287 e. The fraction of sp³-hybridized carbons (Fsp3) is 0.107. The Kier molecular flexibility index (Phi) is 7.11. The Morgan fingerprint density at radius 1 is 1.08 bits per heavy atom. The van der Waals surface area contributed by atoms with Crippen molar-refractivity contribution in [3.05, 3.63) is 111 Å². The summed E-state index contributed by atoms with van der Waals surface area (Å²) in [6.07, 6.45) is 2.72. The number of benzene rings is 2. The highest BCUT2D eigenvalue weighted by Crippen LogP contribution is 2.26. The summed E-state index contributed by atoms with van der Waals surface area (Å²) in [5.41, 5.74) is 4.98. The third-order valence-electron chi connectivity index (χ3n) is 5.69. The molecule has 0 aliphatic heterocycles. The molecule has 2 heterocycles. The van der Waals surface area contributed by atoms with Crippen LogP contribution in [0.1, 0.15) is 22.5 Å². The van der Waals surface area contributed by atoms with Crippen molar-refractivity contribution in [3.8, 4) is 23.4 Å². The van der Waals surface area contributed by atoms with Gasteiger partial charge in [-0.05, 0) is 74.9 Å². The normalized spacial score (nSPS) is 11.0. The SMILES string of the molecule is Cc1ccc(NC(=O)/C(C#N)=C\c2cc(C)n(-c3ccc(Oc4ccc([N+](=O)[O-])cn4)cc3)c2C)cc1. The third kappa shape index (κ3) is 5.71. The van der Waals surface area contributed by atoms with Gasteiger partial charge in [0.05, 0.1) is 4.92 Å². The lowest BCUT2D eigenvalue weighted by molar-refractivity contribution is -0.385. The van der Waals surface area contributed by atoms with Gasteiger partial charge in [0, 0.05) is 34.9 Å². The molecule has 0 radical (unpaired) electrons. The zero-order valence-electron chi connectivity index (χ0n) is 20.4. The average molecular weight is 494 g/mol. The van der Waals surface area contributed by atoms with Crippen LogP contribution in [0.3, 0.4) is 0 Å². The van der Waals surface area contributed by atoms with Gasteiger partial charge >= 0.3 is 0 Å². The van der Waals surface area contributed by atoms with E-state index < -0.39 is 10.8 Å². The monoisotopic (exact) mass is 493 g/mol. The Bertz CT molecular complexity index is 1530. The maximum absolute atomic E-state index is 12.7. The Balaban J connectivity index is 1.53. The lowest BCUT2D eigenvalue weighted by Gasteiger charge is -2.11. The summed E-state index contributed by atoms with van der Waals surface area (Å²) >= 11 is 0. The number of anilines is 1. The summed E-state index contributed by atoms with van der Waals surface area (Å²) in [5.74, 6) is 0.289. The predicted molar refractivity (Wildman–Crippen MR) is 140 cm³/mol. The van der Waals surface area contributed by atoms with Crippen molar-refractivity contribution >= 4 is 23.4 Å². The van der Waals surface area contributed by atoms with E-state index in [4.69, 9.17) is 4.74 Å². The number of nitriles is 1. The predicted octanol–water partition coefficient (Wildman–Crippen LogP) is 6.04. The minimum absolute atomic E-state index is 0.000158. The lowest BCUT2D eigenvalue weighted by atomic mass is 10.1. The lowest BCUT2D eigenvalue weighted by Crippen LogP contribution is -2.13. The van der Waals surface area contributed by atoms with Crippen LogP contribution in [-0.4, -0.2) is 20.4 Å². The highest BCUT2D eigenvalue weighted by molar-refractivity contribution is 6.09. The average Bonchev–Trinajstić information content (AvgIpc) is 3.17. The third-order valence-corrected chi connectivity index (χ3v) is 5.69. The molecule has 0 fully saturated rings. The zero-order valence-corrected chi connectivity index (χ0v) is 20.4. The number of carbonyl (C=O) groups excluding carboxylic acids is 1. The van der Waals surface area contributed by atoms with Crippen LogP contribution in [0.5, 0.6) is 11.6 Å². The van der Waals surface area contributed by atoms with Crippen molar-refractivity contribution < 1.29 is 14.5 Å². The number of ether oxygens (including phenoxy) is 1. The largest absolute Gasteiger partial charge is 0.439 e. The molecule has 0 spiro atoms. The molecule has 4 aromatic rings. The fourth-order valence-corrected chi connectivity index (χ4v) is 3.80. The van der Waals surface area contributed by atoms with Crippen LogP contribution >= 0.6 is 0 Å². The number of aryl methyl sites for hydroxylation is 2. The molecule has 2 aromatic carbocycles. The van der Waals surface area contributed by atoms with Gasteiger partial charge in [-0.3, -0.25) is 14.9 Å². The number of amides is 1. The van der Waals surface area contributed by atoms with E-state index in [2.05, 4.69) is 10.3 Å². The molecule has 0 bridgehead atoms. The molecule has 2 aromatic heterocycles. The van der Waals surface area contributed by atoms with Gasteiger partial charge in [0.2, 0.25) is 5.88 Å². The molecule has 0 saturated carbocycles. The van der Waals surface area contributed by atoms with Gasteiger partial charge in [-0.25, -0.2) is 4.98 Å². The van der Waals surface area contributed by atoms with Crippen LogP contribution in [0.2, 0.25) is 0 Å². The molecule has 1 amide bonds. The van der Waals surface area contributed by atoms with Crippen molar-refractivity contribution in [2.75, 3.05) is 5.32 Å². The molecular weight excluding hydrogens is 470 g/mol. The summed E-state index contributed by atoms with van der Waals surface area (Å²) in [5, 5.41) is 23.2. The molecule has 0 aliphatic rings. The van der Waals surface area contributed by atoms with Gasteiger partial charge in [0.1, 0.15) is 23.6 Å². The molecular formula is C28H23N5O4. The Morgan fingerprint density at radius 3 is 2.38 bits per heavy atom. The Labute approximate surface area is 213 Å². The summed E-state index contributed by atoms with van der Waals surface area (Å²) in [6.45, 7) is 5.81. The molecule has 9 nitrogen and oxygen atoms in total. The molecule has 0 unspecified atom stereocenters. The zero-order chi connectivity index (χ0) is 26.5. The topological polar surface area (TPSA) is 123 Å². The first kappa shape index (κ1) is 24.9. The van der Waals surface area contributed by atoms with Crippen LogP contribution in [0, 0.1) is 42.2 Å². The highest BCUT2D eigenvalue weighted by Gasteiger charge is 2.14. The number of hydrogen-bond acceptors (Lipinski definition) is 6. The van der Waals surface area contributed by atoms with Crippen molar-refractivity contribution in [1.82, 2.24) is 9.55 Å². The van der Waals surface area contributed by atoms with Crippen molar-refractivity contribution in [2.45, 2.75) is 20.8 Å². The van der Waals surface area contributed by atoms with Crippen molar-refractivity contribution in [1.29, 1.82) is 5.26 Å². The van der Waals surface area contributed by atoms with Gasteiger partial charge in [0.15, 0.2) is 0 Å². The molecule has 0 atom stereocenters. The molecule has 4 rings (SSSR count). The molecule has 37 heavy (non-hydrogen) atoms. The quantitative estimate of drug-likeness (QED) is 0.145. The highest BCUT2D eigenvalue weighted by atomic mass is 16.6. The second-order valence-corrected chi connectivity index (χ2v) is 8.36. The first-order valence-electron chi connectivity index (χ1n) is 11.3. The number of nitrogens with one attached hydrogen (secondary N) is 1. The molecule has 0 saturated heterocycles. The minimum Gasteiger partial charge on any atom is -0.439 e. The van der Waals surface area contributed by atoms with E-state index in [1.807, 2.05) is 61.7 Å². The number of aromatic nitrogens is 2. The van der Waals surface area contributed by atoms with Crippen LogP contribution in [0.15, 0.2) is 78.5 Å². The maximum atomic E-state index is 12.7. The molecule has 0 aliphatic carbocycles. The van der Waals surface area contributed by atoms with E-state index >= 15 is 0 Å². The van der Waals surface area contributed by atoms with Gasteiger partial charge in [-0.2, -0.15) is 5.26 Å². The standard InChI is InChI=1S/C28H23N5O4/c1-18-4-6-23(7-5-18)31-28(34)22(16-29)15-21-14-19(2)32(20(21)3)24-8-11-26(12-9-24)37-27-13-10-25(17-30-27)33(35)36/h4-15,17H,1-3H3,(H,31,34)/b22-15-. The second-order valence-electron chi connectivity index (χ2n) is 8.36.